The average Bonchev–Trinajstić information content (AvgIpc) is 1.97. The number of hydrogen-bond acceptors (Lipinski definition) is 5. The van der Waals surface area contributed by atoms with Gasteiger partial charge in [0.05, 0.1) is 6.10 Å². The summed E-state index contributed by atoms with van der Waals surface area (Å²) < 4.78 is 4.68. The number of hydrogen-bond donors (Lipinski definition) is 4. The normalized spacial score (nSPS) is 52.6. The summed E-state index contributed by atoms with van der Waals surface area (Å²) in [6, 6.07) is 0. The standard InChI is InChI=1S/C6H12O5/c1-2-3(7)4(8)5(9)6(10)11-2/h2-10H,1H3/i1+1. The predicted octanol–water partition coefficient (Wildman–Crippen LogP) is -2.19. The minimum atomic E-state index is -1.43. The maximum absolute atomic E-state index is 9.09. The highest BCUT2D eigenvalue weighted by atomic mass is 16.6. The first-order chi connectivity index (χ1) is 5.04. The van der Waals surface area contributed by atoms with Gasteiger partial charge >= 0.3 is 0 Å². The zero-order valence-corrected chi connectivity index (χ0v) is 6.08. The molecule has 4 N–H and O–H groups in total. The fraction of sp³-hybridized carbons (Fsp3) is 1.00. The Labute approximate surface area is 63.8 Å². The highest BCUT2D eigenvalue weighted by molar-refractivity contribution is 4.86. The summed E-state index contributed by atoms with van der Waals surface area (Å²) in [6.45, 7) is 1.50. The van der Waals surface area contributed by atoms with Gasteiger partial charge in [-0.3, -0.25) is 0 Å². The Bertz CT molecular complexity index is 125. The molecular weight excluding hydrogens is 153 g/mol. The second-order valence-electron chi connectivity index (χ2n) is 2.70. The van der Waals surface area contributed by atoms with Gasteiger partial charge in [-0.1, -0.05) is 0 Å². The average molecular weight is 165 g/mol. The zero-order valence-electron chi connectivity index (χ0n) is 6.08. The molecule has 1 heterocycles. The van der Waals surface area contributed by atoms with Crippen molar-refractivity contribution in [1.82, 2.24) is 0 Å². The lowest BCUT2D eigenvalue weighted by Crippen LogP contribution is -2.56. The lowest BCUT2D eigenvalue weighted by atomic mass is 10.0. The van der Waals surface area contributed by atoms with Crippen molar-refractivity contribution in [2.45, 2.75) is 37.6 Å². The van der Waals surface area contributed by atoms with Crippen molar-refractivity contribution in [2.75, 3.05) is 0 Å². The van der Waals surface area contributed by atoms with E-state index in [4.69, 9.17) is 20.4 Å². The molecule has 1 saturated heterocycles. The monoisotopic (exact) mass is 165 g/mol. The predicted molar refractivity (Wildman–Crippen MR) is 34.6 cm³/mol. The van der Waals surface area contributed by atoms with E-state index in [0.717, 1.165) is 0 Å². The molecule has 0 aliphatic carbocycles. The Morgan fingerprint density at radius 3 is 2.00 bits per heavy atom. The Balaban J connectivity index is 2.63. The van der Waals surface area contributed by atoms with Gasteiger partial charge in [-0.05, 0) is 6.92 Å². The van der Waals surface area contributed by atoms with Gasteiger partial charge in [0.1, 0.15) is 18.3 Å². The van der Waals surface area contributed by atoms with Crippen LogP contribution in [0.2, 0.25) is 0 Å². The van der Waals surface area contributed by atoms with Crippen LogP contribution in [-0.2, 0) is 4.74 Å². The molecule has 66 valence electrons. The van der Waals surface area contributed by atoms with Gasteiger partial charge in [0.25, 0.3) is 0 Å². The summed E-state index contributed by atoms with van der Waals surface area (Å²) in [5.41, 5.74) is 0. The minimum Gasteiger partial charge on any atom is -0.388 e. The fourth-order valence-corrected chi connectivity index (χ4v) is 1.03. The third kappa shape index (κ3) is 1.52. The second-order valence-corrected chi connectivity index (χ2v) is 2.70. The zero-order chi connectivity index (χ0) is 8.59. The molecule has 0 aromatic carbocycles. The van der Waals surface area contributed by atoms with Crippen LogP contribution in [-0.4, -0.2) is 51.1 Å². The lowest BCUT2D eigenvalue weighted by Gasteiger charge is -2.36. The van der Waals surface area contributed by atoms with Crippen LogP contribution in [0.15, 0.2) is 0 Å². The van der Waals surface area contributed by atoms with E-state index in [1.54, 1.807) is 0 Å². The van der Waals surface area contributed by atoms with Gasteiger partial charge in [0.2, 0.25) is 0 Å². The largest absolute Gasteiger partial charge is 0.388 e. The summed E-state index contributed by atoms with van der Waals surface area (Å²) in [5.74, 6) is 0. The summed E-state index contributed by atoms with van der Waals surface area (Å²) in [5, 5.41) is 36.0. The quantitative estimate of drug-likeness (QED) is 0.306. The minimum absolute atomic E-state index is 0.664. The molecule has 1 aliphatic rings. The van der Waals surface area contributed by atoms with Crippen LogP contribution in [0.5, 0.6) is 0 Å². The van der Waals surface area contributed by atoms with E-state index in [-0.39, 0.29) is 0 Å². The molecule has 1 rings (SSSR count). The lowest BCUT2D eigenvalue weighted by molar-refractivity contribution is -0.277. The summed E-state index contributed by atoms with van der Waals surface area (Å²) in [4.78, 5) is 0. The Morgan fingerprint density at radius 2 is 1.45 bits per heavy atom. The topological polar surface area (TPSA) is 90.2 Å². The van der Waals surface area contributed by atoms with Crippen LogP contribution in [0.25, 0.3) is 0 Å². The smallest absolute Gasteiger partial charge is 0.183 e. The van der Waals surface area contributed by atoms with Gasteiger partial charge in [-0.25, -0.2) is 0 Å². The Hall–Kier alpha value is -0.200. The van der Waals surface area contributed by atoms with Crippen LogP contribution in [0.1, 0.15) is 6.92 Å². The van der Waals surface area contributed by atoms with Crippen molar-refractivity contribution in [3.8, 4) is 0 Å². The highest BCUT2D eigenvalue weighted by Gasteiger charge is 2.40. The summed E-state index contributed by atoms with van der Waals surface area (Å²) in [6.07, 6.45) is -5.99. The van der Waals surface area contributed by atoms with Crippen molar-refractivity contribution in [2.24, 2.45) is 0 Å². The molecule has 0 spiro atoms. The number of aliphatic hydroxyl groups excluding tert-OH is 4. The van der Waals surface area contributed by atoms with E-state index >= 15 is 0 Å². The van der Waals surface area contributed by atoms with Crippen molar-refractivity contribution < 1.29 is 25.2 Å². The summed E-state index contributed by atoms with van der Waals surface area (Å²) in [7, 11) is 0. The molecule has 0 radical (unpaired) electrons. The van der Waals surface area contributed by atoms with Crippen molar-refractivity contribution in [3.63, 3.8) is 0 Å². The van der Waals surface area contributed by atoms with Gasteiger partial charge in [-0.2, -0.15) is 0 Å². The van der Waals surface area contributed by atoms with Crippen LogP contribution in [0.3, 0.4) is 0 Å². The van der Waals surface area contributed by atoms with Crippen LogP contribution in [0.4, 0.5) is 0 Å². The van der Waals surface area contributed by atoms with Gasteiger partial charge in [0, 0.05) is 0 Å². The van der Waals surface area contributed by atoms with Crippen molar-refractivity contribution >= 4 is 0 Å². The van der Waals surface area contributed by atoms with E-state index in [0.29, 0.717) is 0 Å². The number of rotatable bonds is 0. The van der Waals surface area contributed by atoms with Gasteiger partial charge < -0.3 is 25.2 Å². The van der Waals surface area contributed by atoms with E-state index in [1.165, 1.54) is 6.92 Å². The molecule has 11 heavy (non-hydrogen) atoms. The molecular formula is C6H12O5. The van der Waals surface area contributed by atoms with E-state index in [9.17, 15) is 0 Å². The maximum atomic E-state index is 9.09. The van der Waals surface area contributed by atoms with Crippen molar-refractivity contribution in [1.29, 1.82) is 0 Å². The third-order valence-corrected chi connectivity index (χ3v) is 1.83. The molecule has 5 heteroatoms. The van der Waals surface area contributed by atoms with Crippen molar-refractivity contribution in [3.05, 3.63) is 0 Å². The highest BCUT2D eigenvalue weighted by Crippen LogP contribution is 2.18. The second kappa shape index (κ2) is 3.04. The maximum Gasteiger partial charge on any atom is 0.183 e. The molecule has 5 unspecified atom stereocenters. The SMILES string of the molecule is [13CH3]C1OC(O)C(O)C(O)C1O. The molecule has 5 atom stereocenters. The van der Waals surface area contributed by atoms with Crippen LogP contribution < -0.4 is 0 Å². The molecule has 0 amide bonds. The van der Waals surface area contributed by atoms with Crippen LogP contribution in [0, 0.1) is 0 Å². The molecule has 0 aromatic heterocycles. The first-order valence-corrected chi connectivity index (χ1v) is 3.41. The number of ether oxygens (including phenoxy) is 1. The van der Waals surface area contributed by atoms with E-state index < -0.39 is 30.7 Å². The fourth-order valence-electron chi connectivity index (χ4n) is 1.03. The van der Waals surface area contributed by atoms with Crippen LogP contribution >= 0.6 is 0 Å². The molecule has 1 fully saturated rings. The molecule has 5 nitrogen and oxygen atoms in total. The first-order valence-electron chi connectivity index (χ1n) is 3.41. The molecule has 0 aromatic rings. The van der Waals surface area contributed by atoms with E-state index in [1.807, 2.05) is 0 Å². The van der Waals surface area contributed by atoms with E-state index in [2.05, 4.69) is 4.74 Å². The molecule has 0 saturated carbocycles. The number of aliphatic hydroxyl groups is 4. The summed E-state index contributed by atoms with van der Waals surface area (Å²) >= 11 is 0. The Morgan fingerprint density at radius 1 is 0.909 bits per heavy atom. The van der Waals surface area contributed by atoms with Gasteiger partial charge in [0.15, 0.2) is 6.29 Å². The first kappa shape index (κ1) is 8.89. The molecule has 1 aliphatic heterocycles. The third-order valence-electron chi connectivity index (χ3n) is 1.83. The molecule has 0 bridgehead atoms. The van der Waals surface area contributed by atoms with Gasteiger partial charge in [-0.15, -0.1) is 0 Å². The Kier molecular flexibility index (Phi) is 2.46.